The molecule has 7 nitrogen and oxygen atoms in total. The Labute approximate surface area is 170 Å². The van der Waals surface area contributed by atoms with Crippen molar-refractivity contribution in [1.29, 1.82) is 0 Å². The average molecular weight is 391 g/mol. The van der Waals surface area contributed by atoms with Crippen LogP contribution in [0, 0.1) is 27.7 Å². The van der Waals surface area contributed by atoms with E-state index in [2.05, 4.69) is 21.3 Å². The minimum absolute atomic E-state index is 0.0566. The van der Waals surface area contributed by atoms with Gasteiger partial charge in [0.25, 0.3) is 11.8 Å². The van der Waals surface area contributed by atoms with Crippen molar-refractivity contribution in [3.63, 3.8) is 0 Å². The molecule has 150 valence electrons. The molecule has 1 heterocycles. The van der Waals surface area contributed by atoms with Gasteiger partial charge in [0, 0.05) is 16.9 Å². The Balaban J connectivity index is 1.52. The molecule has 0 atom stereocenters. The van der Waals surface area contributed by atoms with Crippen molar-refractivity contribution in [3.05, 3.63) is 76.6 Å². The number of carbonyl (C=O) groups is 2. The van der Waals surface area contributed by atoms with E-state index in [-0.39, 0.29) is 18.4 Å². The third-order valence-corrected chi connectivity index (χ3v) is 4.52. The number of benzene rings is 2. The van der Waals surface area contributed by atoms with E-state index < -0.39 is 0 Å². The van der Waals surface area contributed by atoms with Crippen molar-refractivity contribution in [2.45, 2.75) is 27.7 Å². The van der Waals surface area contributed by atoms with Crippen LogP contribution in [0.15, 0.2) is 48.5 Å². The van der Waals surface area contributed by atoms with Crippen molar-refractivity contribution < 1.29 is 9.59 Å². The lowest BCUT2D eigenvalue weighted by molar-refractivity contribution is -0.120. The van der Waals surface area contributed by atoms with Gasteiger partial charge in [-0.05, 0) is 69.7 Å². The van der Waals surface area contributed by atoms with Crippen LogP contribution in [0.4, 0.5) is 5.69 Å². The van der Waals surface area contributed by atoms with E-state index in [9.17, 15) is 9.59 Å². The van der Waals surface area contributed by atoms with Gasteiger partial charge in [-0.25, -0.2) is 4.68 Å². The summed E-state index contributed by atoms with van der Waals surface area (Å²) in [6.07, 6.45) is 0. The number of carbonyl (C=O) groups excluding carboxylic acids is 2. The normalized spacial score (nSPS) is 10.5. The van der Waals surface area contributed by atoms with E-state index in [1.165, 1.54) is 0 Å². The Bertz CT molecular complexity index is 1040. The van der Waals surface area contributed by atoms with Gasteiger partial charge in [0.2, 0.25) is 0 Å². The van der Waals surface area contributed by atoms with Crippen LogP contribution in [0.2, 0.25) is 0 Å². The Morgan fingerprint density at radius 2 is 1.66 bits per heavy atom. The van der Waals surface area contributed by atoms with Gasteiger partial charge >= 0.3 is 0 Å². The Morgan fingerprint density at radius 3 is 2.28 bits per heavy atom. The molecule has 2 amide bonds. The lowest BCUT2D eigenvalue weighted by Gasteiger charge is -2.11. The molecule has 29 heavy (non-hydrogen) atoms. The molecule has 0 aliphatic carbocycles. The third-order valence-electron chi connectivity index (χ3n) is 4.52. The van der Waals surface area contributed by atoms with Gasteiger partial charge in [0.05, 0.1) is 17.9 Å². The zero-order chi connectivity index (χ0) is 21.0. The molecule has 0 aliphatic rings. The highest BCUT2D eigenvalue weighted by Crippen LogP contribution is 2.15. The summed E-state index contributed by atoms with van der Waals surface area (Å²) in [4.78, 5) is 24.3. The van der Waals surface area contributed by atoms with E-state index in [1.54, 1.807) is 12.1 Å². The van der Waals surface area contributed by atoms with E-state index in [4.69, 9.17) is 0 Å². The highest BCUT2D eigenvalue weighted by molar-refractivity contribution is 5.95. The largest absolute Gasteiger partial charge is 0.376 e. The summed E-state index contributed by atoms with van der Waals surface area (Å²) in [6, 6.07) is 15.0. The Hall–Kier alpha value is -3.61. The van der Waals surface area contributed by atoms with Gasteiger partial charge < -0.3 is 5.32 Å². The lowest BCUT2D eigenvalue weighted by atomic mass is 10.1. The number of rotatable bonds is 5. The topological polar surface area (TPSA) is 88.0 Å². The number of aryl methyl sites for hydroxylation is 4. The molecule has 0 saturated heterocycles. The van der Waals surface area contributed by atoms with Crippen LogP contribution in [0.5, 0.6) is 0 Å². The number of anilines is 1. The first-order valence-electron chi connectivity index (χ1n) is 9.37. The molecule has 2 aromatic carbocycles. The molecule has 0 aliphatic heterocycles. The van der Waals surface area contributed by atoms with Crippen molar-refractivity contribution in [1.82, 2.24) is 20.6 Å². The average Bonchev–Trinajstić information content (AvgIpc) is 3.03. The van der Waals surface area contributed by atoms with Gasteiger partial charge in [0.1, 0.15) is 0 Å². The summed E-state index contributed by atoms with van der Waals surface area (Å²) in [5.41, 5.74) is 11.2. The molecule has 0 unspecified atom stereocenters. The number of amides is 2. The van der Waals surface area contributed by atoms with Crippen LogP contribution >= 0.6 is 0 Å². The second-order valence-corrected chi connectivity index (χ2v) is 7.06. The molecular formula is C22H25N5O2. The van der Waals surface area contributed by atoms with Gasteiger partial charge in [-0.15, -0.1) is 0 Å². The molecule has 3 N–H and O–H groups in total. The number of hydrazine groups is 1. The second kappa shape index (κ2) is 8.60. The van der Waals surface area contributed by atoms with Crippen molar-refractivity contribution in [2.24, 2.45) is 0 Å². The second-order valence-electron chi connectivity index (χ2n) is 7.06. The molecule has 7 heteroatoms. The molecule has 0 radical (unpaired) electrons. The maximum atomic E-state index is 12.3. The first-order valence-corrected chi connectivity index (χ1v) is 9.37. The maximum Gasteiger partial charge on any atom is 0.269 e. The van der Waals surface area contributed by atoms with E-state index >= 15 is 0 Å². The van der Waals surface area contributed by atoms with Crippen LogP contribution in [0.3, 0.4) is 0 Å². The molecule has 0 bridgehead atoms. The third kappa shape index (κ3) is 5.01. The Morgan fingerprint density at radius 1 is 0.931 bits per heavy atom. The summed E-state index contributed by atoms with van der Waals surface area (Å²) in [5, 5.41) is 7.49. The summed E-state index contributed by atoms with van der Waals surface area (Å²) >= 11 is 0. The number of hydrogen-bond acceptors (Lipinski definition) is 4. The quantitative estimate of drug-likeness (QED) is 0.584. The smallest absolute Gasteiger partial charge is 0.269 e. The molecule has 3 rings (SSSR count). The minimum Gasteiger partial charge on any atom is -0.376 e. The van der Waals surface area contributed by atoms with E-state index in [1.807, 2.05) is 68.8 Å². The molecular weight excluding hydrogens is 366 g/mol. The molecule has 0 saturated carbocycles. The summed E-state index contributed by atoms with van der Waals surface area (Å²) in [6.45, 7) is 7.96. The van der Waals surface area contributed by atoms with E-state index in [0.717, 1.165) is 33.9 Å². The van der Waals surface area contributed by atoms with Crippen LogP contribution in [-0.4, -0.2) is 28.1 Å². The number of nitrogens with one attached hydrogen (secondary N) is 3. The fraction of sp³-hybridized carbons (Fsp3) is 0.227. The van der Waals surface area contributed by atoms with Crippen LogP contribution in [-0.2, 0) is 4.79 Å². The van der Waals surface area contributed by atoms with Crippen LogP contribution in [0.1, 0.15) is 32.9 Å². The monoisotopic (exact) mass is 391 g/mol. The predicted molar refractivity (Wildman–Crippen MR) is 113 cm³/mol. The molecule has 0 fully saturated rings. The number of nitrogens with zero attached hydrogens (tertiary/aromatic N) is 2. The van der Waals surface area contributed by atoms with Crippen LogP contribution in [0.25, 0.3) is 5.69 Å². The van der Waals surface area contributed by atoms with Gasteiger partial charge in [-0.2, -0.15) is 5.10 Å². The Kier molecular flexibility index (Phi) is 5.97. The van der Waals surface area contributed by atoms with E-state index in [0.29, 0.717) is 5.56 Å². The molecule has 1 aromatic heterocycles. The SMILES string of the molecule is Cc1ccc(NCC(=O)NNC(=O)c2ccc(-n3nc(C)cc3C)cc2)c(C)c1. The number of hydrogen-bond donors (Lipinski definition) is 3. The lowest BCUT2D eigenvalue weighted by Crippen LogP contribution is -2.44. The summed E-state index contributed by atoms with van der Waals surface area (Å²) in [7, 11) is 0. The standard InChI is InChI=1S/C22H25N5O2/c1-14-5-10-20(15(2)11-14)23-13-21(28)24-25-22(29)18-6-8-19(9-7-18)27-17(4)12-16(3)26-27/h5-12,23H,13H2,1-4H3,(H,24,28)(H,25,29). The highest BCUT2D eigenvalue weighted by Gasteiger charge is 2.09. The fourth-order valence-electron chi connectivity index (χ4n) is 3.07. The first kappa shape index (κ1) is 20.1. The zero-order valence-corrected chi connectivity index (χ0v) is 17.0. The van der Waals surface area contributed by atoms with Crippen molar-refractivity contribution in [2.75, 3.05) is 11.9 Å². The van der Waals surface area contributed by atoms with Gasteiger partial charge in [-0.3, -0.25) is 20.4 Å². The first-order chi connectivity index (χ1) is 13.8. The maximum absolute atomic E-state index is 12.3. The molecule has 0 spiro atoms. The van der Waals surface area contributed by atoms with Gasteiger partial charge in [0.15, 0.2) is 0 Å². The number of aromatic nitrogens is 2. The van der Waals surface area contributed by atoms with Crippen molar-refractivity contribution >= 4 is 17.5 Å². The fourth-order valence-corrected chi connectivity index (χ4v) is 3.07. The highest BCUT2D eigenvalue weighted by atomic mass is 16.2. The van der Waals surface area contributed by atoms with Crippen LogP contribution < -0.4 is 16.2 Å². The molecule has 3 aromatic rings. The van der Waals surface area contributed by atoms with Gasteiger partial charge in [-0.1, -0.05) is 17.7 Å². The zero-order valence-electron chi connectivity index (χ0n) is 17.0. The van der Waals surface area contributed by atoms with Crippen molar-refractivity contribution in [3.8, 4) is 5.69 Å². The summed E-state index contributed by atoms with van der Waals surface area (Å²) in [5.74, 6) is -0.720. The summed E-state index contributed by atoms with van der Waals surface area (Å²) < 4.78 is 1.82. The minimum atomic E-state index is -0.384. The predicted octanol–water partition coefficient (Wildman–Crippen LogP) is 2.98.